The number of hydrogen-bond acceptors (Lipinski definition) is 4. The molecule has 0 aliphatic carbocycles. The molecular weight excluding hydrogens is 298 g/mol. The number of rotatable bonds is 3. The first-order valence-electron chi connectivity index (χ1n) is 6.78. The van der Waals surface area contributed by atoms with Gasteiger partial charge in [-0.15, -0.1) is 9.19 Å². The lowest BCUT2D eigenvalue weighted by molar-refractivity contribution is 0.577. The lowest BCUT2D eigenvalue weighted by atomic mass is 10.2. The predicted octanol–water partition coefficient (Wildman–Crippen LogP) is 2.80. The van der Waals surface area contributed by atoms with Crippen LogP contribution in [0.3, 0.4) is 0 Å². The zero-order chi connectivity index (χ0) is 15.7. The fraction of sp³-hybridized carbons (Fsp3) is 0.125. The Kier molecular flexibility index (Phi) is 3.54. The van der Waals surface area contributed by atoms with Crippen LogP contribution in [0.2, 0.25) is 0 Å². The highest BCUT2D eigenvalue weighted by atomic mass is 32.2. The minimum atomic E-state index is -3.73. The topological polar surface area (TPSA) is 64.8 Å². The summed E-state index contributed by atoms with van der Waals surface area (Å²) in [6.45, 7) is 3.73. The van der Waals surface area contributed by atoms with E-state index in [0.29, 0.717) is 5.69 Å². The molecule has 2 aromatic carbocycles. The monoisotopic (exact) mass is 313 g/mol. The summed E-state index contributed by atoms with van der Waals surface area (Å²) in [6, 6.07) is 14.5. The van der Waals surface area contributed by atoms with E-state index in [1.54, 1.807) is 12.1 Å². The third-order valence-corrected chi connectivity index (χ3v) is 4.78. The van der Waals surface area contributed by atoms with Gasteiger partial charge in [-0.1, -0.05) is 41.6 Å². The van der Waals surface area contributed by atoms with Crippen LogP contribution < -0.4 is 0 Å². The molecule has 0 amide bonds. The number of benzene rings is 2. The predicted molar refractivity (Wildman–Crippen MR) is 84.0 cm³/mol. The van der Waals surface area contributed by atoms with Gasteiger partial charge in [-0.3, -0.25) is 0 Å². The van der Waals surface area contributed by atoms with E-state index in [1.165, 1.54) is 6.20 Å². The van der Waals surface area contributed by atoms with E-state index in [4.69, 9.17) is 0 Å². The standard InChI is InChI=1S/C16H15N3O2S/c1-12-8-13(2)10-15(9-12)22(20,21)19-11-16(17-18-19)14-6-4-3-5-7-14/h3-11H,1-2H3. The lowest BCUT2D eigenvalue weighted by Crippen LogP contribution is -2.14. The van der Waals surface area contributed by atoms with Crippen LogP contribution in [0, 0.1) is 13.8 Å². The first-order valence-corrected chi connectivity index (χ1v) is 8.22. The molecule has 0 aliphatic heterocycles. The summed E-state index contributed by atoms with van der Waals surface area (Å²) in [5.74, 6) is 0. The Morgan fingerprint density at radius 3 is 2.23 bits per heavy atom. The zero-order valence-corrected chi connectivity index (χ0v) is 13.1. The van der Waals surface area contributed by atoms with Crippen LogP contribution in [0.25, 0.3) is 11.3 Å². The van der Waals surface area contributed by atoms with E-state index >= 15 is 0 Å². The van der Waals surface area contributed by atoms with E-state index < -0.39 is 10.0 Å². The molecule has 3 rings (SSSR count). The van der Waals surface area contributed by atoms with Crippen molar-refractivity contribution in [2.24, 2.45) is 0 Å². The summed E-state index contributed by atoms with van der Waals surface area (Å²) in [7, 11) is -3.73. The molecule has 0 saturated carbocycles. The van der Waals surface area contributed by atoms with Gasteiger partial charge < -0.3 is 0 Å². The van der Waals surface area contributed by atoms with Crippen LogP contribution in [0.5, 0.6) is 0 Å². The summed E-state index contributed by atoms with van der Waals surface area (Å²) in [5.41, 5.74) is 3.13. The zero-order valence-electron chi connectivity index (χ0n) is 12.3. The molecule has 5 nitrogen and oxygen atoms in total. The molecule has 1 aromatic heterocycles. The maximum absolute atomic E-state index is 12.6. The average Bonchev–Trinajstić information content (AvgIpc) is 2.98. The summed E-state index contributed by atoms with van der Waals surface area (Å²) >= 11 is 0. The van der Waals surface area contributed by atoms with Gasteiger partial charge in [0.05, 0.1) is 11.1 Å². The van der Waals surface area contributed by atoms with Crippen molar-refractivity contribution in [1.82, 2.24) is 14.4 Å². The molecule has 0 aliphatic rings. The van der Waals surface area contributed by atoms with Gasteiger partial charge in [0.1, 0.15) is 5.69 Å². The molecule has 0 atom stereocenters. The van der Waals surface area contributed by atoms with Gasteiger partial charge in [-0.05, 0) is 37.1 Å². The second-order valence-corrected chi connectivity index (χ2v) is 6.97. The first-order chi connectivity index (χ1) is 10.5. The SMILES string of the molecule is Cc1cc(C)cc(S(=O)(=O)n2cc(-c3ccccc3)nn2)c1. The second-order valence-electron chi connectivity index (χ2n) is 5.17. The van der Waals surface area contributed by atoms with Gasteiger partial charge in [0.2, 0.25) is 0 Å². The highest BCUT2D eigenvalue weighted by Gasteiger charge is 2.20. The maximum Gasteiger partial charge on any atom is 0.284 e. The van der Waals surface area contributed by atoms with E-state index in [-0.39, 0.29) is 4.90 Å². The molecule has 0 unspecified atom stereocenters. The molecule has 0 radical (unpaired) electrons. The maximum atomic E-state index is 12.6. The van der Waals surface area contributed by atoms with Gasteiger partial charge in [0.15, 0.2) is 0 Å². The second kappa shape index (κ2) is 5.38. The first kappa shape index (κ1) is 14.5. The number of nitrogens with zero attached hydrogens (tertiary/aromatic N) is 3. The van der Waals surface area contributed by atoms with Crippen molar-refractivity contribution >= 4 is 10.0 Å². The summed E-state index contributed by atoms with van der Waals surface area (Å²) in [6.07, 6.45) is 1.43. The molecule has 112 valence electrons. The van der Waals surface area contributed by atoms with Gasteiger partial charge in [-0.2, -0.15) is 8.42 Å². The minimum Gasteiger partial charge on any atom is -0.199 e. The van der Waals surface area contributed by atoms with Gasteiger partial charge in [-0.25, -0.2) is 0 Å². The summed E-state index contributed by atoms with van der Waals surface area (Å²) in [5, 5.41) is 7.74. The van der Waals surface area contributed by atoms with Crippen molar-refractivity contribution in [1.29, 1.82) is 0 Å². The fourth-order valence-corrected chi connectivity index (χ4v) is 3.55. The highest BCUT2D eigenvalue weighted by molar-refractivity contribution is 7.89. The molecule has 0 fully saturated rings. The van der Waals surface area contributed by atoms with E-state index in [0.717, 1.165) is 20.8 Å². The third-order valence-electron chi connectivity index (χ3n) is 3.28. The molecule has 0 saturated heterocycles. The lowest BCUT2D eigenvalue weighted by Gasteiger charge is -2.05. The van der Waals surface area contributed by atoms with E-state index in [9.17, 15) is 8.42 Å². The Hall–Kier alpha value is -2.47. The molecular formula is C16H15N3O2S. The molecule has 22 heavy (non-hydrogen) atoms. The Morgan fingerprint density at radius 1 is 0.955 bits per heavy atom. The van der Waals surface area contributed by atoms with E-state index in [1.807, 2.05) is 50.2 Å². The number of aryl methyl sites for hydroxylation is 2. The van der Waals surface area contributed by atoms with Crippen molar-refractivity contribution in [3.05, 3.63) is 65.9 Å². The normalized spacial score (nSPS) is 11.5. The van der Waals surface area contributed by atoms with Gasteiger partial charge in [0, 0.05) is 5.56 Å². The fourth-order valence-electron chi connectivity index (χ4n) is 2.30. The smallest absolute Gasteiger partial charge is 0.199 e. The highest BCUT2D eigenvalue weighted by Crippen LogP contribution is 2.20. The largest absolute Gasteiger partial charge is 0.284 e. The van der Waals surface area contributed by atoms with Crippen LogP contribution in [-0.4, -0.2) is 22.8 Å². The van der Waals surface area contributed by atoms with Crippen molar-refractivity contribution in [3.63, 3.8) is 0 Å². The average molecular weight is 313 g/mol. The van der Waals surface area contributed by atoms with Crippen molar-refractivity contribution in [3.8, 4) is 11.3 Å². The van der Waals surface area contributed by atoms with Gasteiger partial charge >= 0.3 is 0 Å². The molecule has 1 heterocycles. The van der Waals surface area contributed by atoms with Gasteiger partial charge in [0.25, 0.3) is 10.0 Å². The van der Waals surface area contributed by atoms with E-state index in [2.05, 4.69) is 10.3 Å². The van der Waals surface area contributed by atoms with Crippen LogP contribution in [0.15, 0.2) is 59.6 Å². The molecule has 0 spiro atoms. The van der Waals surface area contributed by atoms with Crippen molar-refractivity contribution < 1.29 is 8.42 Å². The Morgan fingerprint density at radius 2 is 1.59 bits per heavy atom. The van der Waals surface area contributed by atoms with Crippen LogP contribution >= 0.6 is 0 Å². The molecule has 6 heteroatoms. The van der Waals surface area contributed by atoms with Crippen LogP contribution in [0.1, 0.15) is 11.1 Å². The van der Waals surface area contributed by atoms with Crippen LogP contribution in [0.4, 0.5) is 0 Å². The van der Waals surface area contributed by atoms with Crippen LogP contribution in [-0.2, 0) is 10.0 Å². The summed E-state index contributed by atoms with van der Waals surface area (Å²) < 4.78 is 26.2. The van der Waals surface area contributed by atoms with Crippen molar-refractivity contribution in [2.45, 2.75) is 18.7 Å². The number of hydrogen-bond donors (Lipinski definition) is 0. The van der Waals surface area contributed by atoms with Crippen molar-refractivity contribution in [2.75, 3.05) is 0 Å². The minimum absolute atomic E-state index is 0.217. The molecule has 0 bridgehead atoms. The molecule has 3 aromatic rings. The number of aromatic nitrogens is 3. The third kappa shape index (κ3) is 2.65. The molecule has 0 N–H and O–H groups in total. The Labute approximate surface area is 129 Å². The Balaban J connectivity index is 2.05. The quantitative estimate of drug-likeness (QED) is 0.746. The summed E-state index contributed by atoms with van der Waals surface area (Å²) in [4.78, 5) is 0.217. The Bertz CT molecular complexity index is 895.